The first-order chi connectivity index (χ1) is 10.1. The van der Waals surface area contributed by atoms with E-state index in [9.17, 15) is 4.79 Å². The summed E-state index contributed by atoms with van der Waals surface area (Å²) in [4.78, 5) is 10.4. The molecule has 0 unspecified atom stereocenters. The molecule has 1 N–H and O–H groups in total. The van der Waals surface area contributed by atoms with E-state index in [1.165, 1.54) is 24.8 Å². The Labute approximate surface area is 129 Å². The molecule has 0 saturated heterocycles. The maximum atomic E-state index is 10.4. The van der Waals surface area contributed by atoms with Crippen molar-refractivity contribution < 1.29 is 9.90 Å². The van der Waals surface area contributed by atoms with Gasteiger partial charge in [-0.15, -0.1) is 0 Å². The van der Waals surface area contributed by atoms with Crippen LogP contribution in [-0.4, -0.2) is 11.1 Å². The molecule has 2 heteroatoms. The smallest absolute Gasteiger partial charge is 0.328 e. The Kier molecular flexibility index (Phi) is 12.0. The van der Waals surface area contributed by atoms with Crippen molar-refractivity contribution in [1.82, 2.24) is 0 Å². The molecule has 116 valence electrons. The van der Waals surface area contributed by atoms with Gasteiger partial charge in [0, 0.05) is 6.08 Å². The van der Waals surface area contributed by atoms with Crippen molar-refractivity contribution in [3.8, 4) is 0 Å². The SMILES string of the molecule is CCCCC/C=C(C)/C=C/C=C/C/C=C(C)/C=C/C(=O)O. The van der Waals surface area contributed by atoms with E-state index in [0.717, 1.165) is 24.5 Å². The number of carbonyl (C=O) groups is 1. The predicted octanol–water partition coefficient (Wildman–Crippen LogP) is 5.60. The molecule has 0 aliphatic rings. The van der Waals surface area contributed by atoms with Crippen LogP contribution in [0.3, 0.4) is 0 Å². The Morgan fingerprint density at radius 2 is 1.67 bits per heavy atom. The first-order valence-electron chi connectivity index (χ1n) is 7.64. The lowest BCUT2D eigenvalue weighted by Gasteiger charge is -1.94. The molecule has 0 fully saturated rings. The third kappa shape index (κ3) is 14.4. The van der Waals surface area contributed by atoms with Crippen LogP contribution in [0.15, 0.2) is 59.8 Å². The van der Waals surface area contributed by atoms with Gasteiger partial charge in [0.15, 0.2) is 0 Å². The zero-order chi connectivity index (χ0) is 15.9. The minimum atomic E-state index is -0.914. The van der Waals surface area contributed by atoms with Gasteiger partial charge in [-0.3, -0.25) is 0 Å². The molecule has 0 rings (SSSR count). The Morgan fingerprint density at radius 1 is 0.952 bits per heavy atom. The van der Waals surface area contributed by atoms with Crippen LogP contribution in [0.5, 0.6) is 0 Å². The summed E-state index contributed by atoms with van der Waals surface area (Å²) in [6.07, 6.45) is 21.1. The second kappa shape index (κ2) is 13.2. The van der Waals surface area contributed by atoms with Crippen LogP contribution in [0.1, 0.15) is 52.9 Å². The molecule has 0 spiro atoms. The highest BCUT2D eigenvalue weighted by molar-refractivity contribution is 5.80. The first-order valence-corrected chi connectivity index (χ1v) is 7.64. The van der Waals surface area contributed by atoms with Crippen molar-refractivity contribution in [2.45, 2.75) is 52.9 Å². The van der Waals surface area contributed by atoms with E-state index in [1.54, 1.807) is 6.08 Å². The van der Waals surface area contributed by atoms with Crippen LogP contribution >= 0.6 is 0 Å². The molecule has 21 heavy (non-hydrogen) atoms. The quantitative estimate of drug-likeness (QED) is 0.322. The standard InChI is InChI=1S/C19H28O2/c1-4-5-6-9-12-17(2)13-10-7-8-11-14-18(3)15-16-19(20)21/h7-8,10,12-16H,4-6,9,11H2,1-3H3,(H,20,21)/b8-7+,13-10+,16-15+,17-12+,18-14+. The van der Waals surface area contributed by atoms with Crippen molar-refractivity contribution in [2.24, 2.45) is 0 Å². The third-order valence-corrected chi connectivity index (χ3v) is 2.95. The Bertz CT molecular complexity index is 434. The fourth-order valence-electron chi connectivity index (χ4n) is 1.68. The van der Waals surface area contributed by atoms with E-state index >= 15 is 0 Å². The summed E-state index contributed by atoms with van der Waals surface area (Å²) in [5, 5.41) is 8.50. The van der Waals surface area contributed by atoms with Gasteiger partial charge in [-0.05, 0) is 33.1 Å². The van der Waals surface area contributed by atoms with Crippen molar-refractivity contribution in [1.29, 1.82) is 0 Å². The lowest BCUT2D eigenvalue weighted by Crippen LogP contribution is -1.85. The van der Waals surface area contributed by atoms with E-state index in [1.807, 2.05) is 25.2 Å². The molecular formula is C19H28O2. The minimum absolute atomic E-state index is 0.805. The van der Waals surface area contributed by atoms with Crippen LogP contribution in [0.2, 0.25) is 0 Å². The van der Waals surface area contributed by atoms with E-state index in [4.69, 9.17) is 5.11 Å². The average molecular weight is 288 g/mol. The van der Waals surface area contributed by atoms with Gasteiger partial charge in [-0.1, -0.05) is 73.4 Å². The number of unbranched alkanes of at least 4 members (excludes halogenated alkanes) is 3. The highest BCUT2D eigenvalue weighted by Gasteiger charge is 1.86. The zero-order valence-electron chi connectivity index (χ0n) is 13.5. The number of carboxylic acid groups (broad SMARTS) is 1. The van der Waals surface area contributed by atoms with Crippen LogP contribution in [0.4, 0.5) is 0 Å². The largest absolute Gasteiger partial charge is 0.478 e. The van der Waals surface area contributed by atoms with Gasteiger partial charge in [0.25, 0.3) is 0 Å². The van der Waals surface area contributed by atoms with Crippen molar-refractivity contribution in [3.05, 3.63) is 59.8 Å². The van der Waals surface area contributed by atoms with Crippen LogP contribution in [0, 0.1) is 0 Å². The highest BCUT2D eigenvalue weighted by atomic mass is 16.4. The number of aliphatic carboxylic acids is 1. The van der Waals surface area contributed by atoms with Gasteiger partial charge in [0.05, 0.1) is 0 Å². The van der Waals surface area contributed by atoms with Crippen LogP contribution < -0.4 is 0 Å². The Morgan fingerprint density at radius 3 is 2.33 bits per heavy atom. The average Bonchev–Trinajstić information content (AvgIpc) is 2.45. The minimum Gasteiger partial charge on any atom is -0.478 e. The number of hydrogen-bond acceptors (Lipinski definition) is 1. The second-order valence-electron chi connectivity index (χ2n) is 5.09. The van der Waals surface area contributed by atoms with E-state index in [-0.39, 0.29) is 0 Å². The molecule has 0 radical (unpaired) electrons. The number of rotatable bonds is 10. The highest BCUT2D eigenvalue weighted by Crippen LogP contribution is 2.04. The summed E-state index contributed by atoms with van der Waals surface area (Å²) >= 11 is 0. The van der Waals surface area contributed by atoms with Crippen molar-refractivity contribution in [3.63, 3.8) is 0 Å². The fraction of sp³-hybridized carbons (Fsp3) is 0.421. The maximum Gasteiger partial charge on any atom is 0.328 e. The molecule has 0 amide bonds. The molecule has 0 heterocycles. The number of allylic oxidation sites excluding steroid dienone is 9. The zero-order valence-corrected chi connectivity index (χ0v) is 13.5. The van der Waals surface area contributed by atoms with Gasteiger partial charge in [0.1, 0.15) is 0 Å². The first kappa shape index (κ1) is 19.2. The predicted molar refractivity (Wildman–Crippen MR) is 91.3 cm³/mol. The molecule has 0 aliphatic heterocycles. The number of carboxylic acids is 1. The summed E-state index contributed by atoms with van der Waals surface area (Å²) < 4.78 is 0. The summed E-state index contributed by atoms with van der Waals surface area (Å²) in [6, 6.07) is 0. The van der Waals surface area contributed by atoms with Crippen LogP contribution in [-0.2, 0) is 4.79 Å². The van der Waals surface area contributed by atoms with Crippen molar-refractivity contribution in [2.75, 3.05) is 0 Å². The topological polar surface area (TPSA) is 37.3 Å². The van der Waals surface area contributed by atoms with E-state index in [2.05, 4.69) is 32.1 Å². The number of hydrogen-bond donors (Lipinski definition) is 1. The molecule has 0 saturated carbocycles. The van der Waals surface area contributed by atoms with E-state index in [0.29, 0.717) is 0 Å². The lowest BCUT2D eigenvalue weighted by molar-refractivity contribution is -0.131. The van der Waals surface area contributed by atoms with E-state index < -0.39 is 5.97 Å². The van der Waals surface area contributed by atoms with Crippen LogP contribution in [0.25, 0.3) is 0 Å². The normalized spacial score (nSPS) is 13.9. The molecule has 0 aromatic rings. The van der Waals surface area contributed by atoms with Gasteiger partial charge in [0.2, 0.25) is 0 Å². The van der Waals surface area contributed by atoms with Gasteiger partial charge in [-0.2, -0.15) is 0 Å². The molecule has 0 aromatic carbocycles. The molecule has 0 atom stereocenters. The Balaban J connectivity index is 4.02. The monoisotopic (exact) mass is 288 g/mol. The summed E-state index contributed by atoms with van der Waals surface area (Å²) in [5.74, 6) is -0.914. The molecule has 0 aliphatic carbocycles. The lowest BCUT2D eigenvalue weighted by atomic mass is 10.1. The van der Waals surface area contributed by atoms with Crippen molar-refractivity contribution >= 4 is 5.97 Å². The second-order valence-corrected chi connectivity index (χ2v) is 5.09. The summed E-state index contributed by atoms with van der Waals surface area (Å²) in [7, 11) is 0. The Hall–Kier alpha value is -1.83. The molecule has 0 bridgehead atoms. The maximum absolute atomic E-state index is 10.4. The third-order valence-electron chi connectivity index (χ3n) is 2.95. The van der Waals surface area contributed by atoms with Gasteiger partial charge >= 0.3 is 5.97 Å². The van der Waals surface area contributed by atoms with Gasteiger partial charge < -0.3 is 5.11 Å². The van der Waals surface area contributed by atoms with Gasteiger partial charge in [-0.25, -0.2) is 4.79 Å². The fourth-order valence-corrected chi connectivity index (χ4v) is 1.68. The summed E-state index contributed by atoms with van der Waals surface area (Å²) in [6.45, 7) is 6.23. The molecular weight excluding hydrogens is 260 g/mol. The molecule has 2 nitrogen and oxygen atoms in total. The summed E-state index contributed by atoms with van der Waals surface area (Å²) in [5.41, 5.74) is 2.25. The molecule has 0 aromatic heterocycles.